The summed E-state index contributed by atoms with van der Waals surface area (Å²) in [5, 5.41) is 0. The molecule has 1 aromatic carbocycles. The Bertz CT molecular complexity index is 531. The maximum absolute atomic E-state index is 12.0. The standard InChI is InChI=1S/C13H14Br2O4/c1-13(2)18-7-8(19-13)6-17-12-10(15)5-3-4-9(14)11(12)16/h3-5,8H,6-7H2,1-2H3. The summed E-state index contributed by atoms with van der Waals surface area (Å²) in [5.41, 5.74) is -0.199. The van der Waals surface area contributed by atoms with Crippen molar-refractivity contribution in [1.82, 2.24) is 0 Å². The van der Waals surface area contributed by atoms with Crippen LogP contribution in [-0.4, -0.2) is 25.1 Å². The van der Waals surface area contributed by atoms with Crippen molar-refractivity contribution in [3.8, 4) is 5.75 Å². The van der Waals surface area contributed by atoms with Gasteiger partial charge in [0, 0.05) is 0 Å². The summed E-state index contributed by atoms with van der Waals surface area (Å²) in [7, 11) is 0. The van der Waals surface area contributed by atoms with Gasteiger partial charge in [-0.05, 0) is 57.8 Å². The van der Waals surface area contributed by atoms with Crippen molar-refractivity contribution in [3.05, 3.63) is 37.4 Å². The van der Waals surface area contributed by atoms with Crippen LogP contribution in [0.3, 0.4) is 0 Å². The highest BCUT2D eigenvalue weighted by Gasteiger charge is 2.33. The second-order valence-electron chi connectivity index (χ2n) is 4.64. The van der Waals surface area contributed by atoms with Crippen molar-refractivity contribution in [3.63, 3.8) is 0 Å². The van der Waals surface area contributed by atoms with Crippen molar-refractivity contribution in [2.75, 3.05) is 13.2 Å². The molecule has 4 nitrogen and oxygen atoms in total. The summed E-state index contributed by atoms with van der Waals surface area (Å²) in [6.07, 6.45) is -0.175. The summed E-state index contributed by atoms with van der Waals surface area (Å²) in [6.45, 7) is 4.43. The van der Waals surface area contributed by atoms with E-state index < -0.39 is 5.79 Å². The highest BCUT2D eigenvalue weighted by molar-refractivity contribution is 9.11. The summed E-state index contributed by atoms with van der Waals surface area (Å²) >= 11 is 6.54. The number of ether oxygens (including phenoxy) is 3. The summed E-state index contributed by atoms with van der Waals surface area (Å²) in [5.74, 6) is -0.321. The van der Waals surface area contributed by atoms with Gasteiger partial charge >= 0.3 is 0 Å². The summed E-state index contributed by atoms with van der Waals surface area (Å²) in [6, 6.07) is 5.20. The first-order valence-corrected chi connectivity index (χ1v) is 7.40. The Hall–Kier alpha value is -0.430. The van der Waals surface area contributed by atoms with E-state index in [-0.39, 0.29) is 23.9 Å². The van der Waals surface area contributed by atoms with Gasteiger partial charge in [-0.25, -0.2) is 0 Å². The quantitative estimate of drug-likeness (QED) is 0.791. The maximum Gasteiger partial charge on any atom is 0.235 e. The second-order valence-corrected chi connectivity index (χ2v) is 6.35. The summed E-state index contributed by atoms with van der Waals surface area (Å²) in [4.78, 5) is 12.0. The maximum atomic E-state index is 12.0. The normalized spacial score (nSPS) is 21.4. The third-order valence-electron chi connectivity index (χ3n) is 2.61. The van der Waals surface area contributed by atoms with Gasteiger partial charge in [0.25, 0.3) is 0 Å². The van der Waals surface area contributed by atoms with Crippen molar-refractivity contribution >= 4 is 31.9 Å². The summed E-state index contributed by atoms with van der Waals surface area (Å²) < 4.78 is 17.7. The molecule has 0 amide bonds. The highest BCUT2D eigenvalue weighted by atomic mass is 79.9. The van der Waals surface area contributed by atoms with Gasteiger partial charge in [0.15, 0.2) is 11.5 Å². The number of rotatable bonds is 3. The molecule has 0 radical (unpaired) electrons. The first kappa shape index (κ1) is 15.0. The average Bonchev–Trinajstić information content (AvgIpc) is 2.62. The predicted octanol–water partition coefficient (Wildman–Crippen LogP) is 3.10. The molecule has 1 saturated heterocycles. The van der Waals surface area contributed by atoms with E-state index in [1.54, 1.807) is 18.2 Å². The Balaban J connectivity index is 2.11. The van der Waals surface area contributed by atoms with Crippen LogP contribution in [-0.2, 0) is 9.47 Å². The molecule has 0 saturated carbocycles. The molecule has 0 bridgehead atoms. The van der Waals surface area contributed by atoms with Crippen LogP contribution in [0.4, 0.5) is 0 Å². The van der Waals surface area contributed by atoms with Gasteiger partial charge < -0.3 is 14.2 Å². The lowest BCUT2D eigenvalue weighted by atomic mass is 10.4. The molecule has 1 aliphatic heterocycles. The Morgan fingerprint density at radius 2 is 2.05 bits per heavy atom. The minimum atomic E-state index is -0.590. The fraction of sp³-hybridized carbons (Fsp3) is 0.462. The van der Waals surface area contributed by atoms with Crippen molar-refractivity contribution in [2.24, 2.45) is 0 Å². The van der Waals surface area contributed by atoms with Gasteiger partial charge in [-0.1, -0.05) is 6.07 Å². The predicted molar refractivity (Wildman–Crippen MR) is 78.5 cm³/mol. The van der Waals surface area contributed by atoms with Gasteiger partial charge in [-0.15, -0.1) is 0 Å². The lowest BCUT2D eigenvalue weighted by molar-refractivity contribution is -0.141. The van der Waals surface area contributed by atoms with E-state index in [2.05, 4.69) is 31.9 Å². The van der Waals surface area contributed by atoms with Crippen molar-refractivity contribution < 1.29 is 14.2 Å². The van der Waals surface area contributed by atoms with Crippen molar-refractivity contribution in [2.45, 2.75) is 25.7 Å². The molecule has 0 spiro atoms. The molecule has 1 aliphatic rings. The fourth-order valence-corrected chi connectivity index (χ4v) is 2.52. The second kappa shape index (κ2) is 5.91. The molecular weight excluding hydrogens is 380 g/mol. The topological polar surface area (TPSA) is 44.8 Å². The number of hydrogen-bond acceptors (Lipinski definition) is 4. The van der Waals surface area contributed by atoms with E-state index in [9.17, 15) is 4.79 Å². The number of hydrogen-bond donors (Lipinski definition) is 0. The molecule has 104 valence electrons. The lowest BCUT2D eigenvalue weighted by Gasteiger charge is -2.17. The molecule has 1 aromatic rings. The van der Waals surface area contributed by atoms with Crippen LogP contribution in [0.25, 0.3) is 0 Å². The van der Waals surface area contributed by atoms with Gasteiger partial charge in [0.2, 0.25) is 5.43 Å². The van der Waals surface area contributed by atoms with Crippen LogP contribution in [0.1, 0.15) is 13.8 Å². The zero-order valence-electron chi connectivity index (χ0n) is 10.6. The monoisotopic (exact) mass is 392 g/mol. The molecule has 1 unspecified atom stereocenters. The van der Waals surface area contributed by atoms with E-state index in [1.165, 1.54) is 0 Å². The van der Waals surface area contributed by atoms with E-state index in [4.69, 9.17) is 14.2 Å². The molecule has 0 aromatic heterocycles. The third-order valence-corrected chi connectivity index (χ3v) is 3.85. The molecule has 1 atom stereocenters. The Kier molecular flexibility index (Phi) is 4.66. The molecule has 0 N–H and O–H groups in total. The Morgan fingerprint density at radius 1 is 1.37 bits per heavy atom. The number of halogens is 2. The molecule has 1 heterocycles. The third kappa shape index (κ3) is 3.78. The minimum Gasteiger partial charge on any atom is -0.485 e. The first-order chi connectivity index (χ1) is 8.89. The fourth-order valence-electron chi connectivity index (χ4n) is 1.74. The Labute approximate surface area is 128 Å². The molecule has 6 heteroatoms. The van der Waals surface area contributed by atoms with Crippen LogP contribution in [0.2, 0.25) is 0 Å². The van der Waals surface area contributed by atoms with E-state index in [0.717, 1.165) is 0 Å². The van der Waals surface area contributed by atoms with Crippen LogP contribution in [0.15, 0.2) is 31.9 Å². The Morgan fingerprint density at radius 3 is 2.68 bits per heavy atom. The largest absolute Gasteiger partial charge is 0.485 e. The molecule has 1 fully saturated rings. The highest BCUT2D eigenvalue weighted by Crippen LogP contribution is 2.25. The average molecular weight is 394 g/mol. The van der Waals surface area contributed by atoms with Gasteiger partial charge in [-0.3, -0.25) is 4.79 Å². The van der Waals surface area contributed by atoms with Crippen LogP contribution in [0.5, 0.6) is 5.75 Å². The lowest BCUT2D eigenvalue weighted by Crippen LogP contribution is -2.26. The van der Waals surface area contributed by atoms with Crippen LogP contribution >= 0.6 is 31.9 Å². The molecule has 19 heavy (non-hydrogen) atoms. The molecular formula is C13H14Br2O4. The van der Waals surface area contributed by atoms with E-state index >= 15 is 0 Å². The smallest absolute Gasteiger partial charge is 0.235 e. The van der Waals surface area contributed by atoms with E-state index in [0.29, 0.717) is 15.6 Å². The van der Waals surface area contributed by atoms with Crippen LogP contribution < -0.4 is 10.2 Å². The van der Waals surface area contributed by atoms with E-state index in [1.807, 2.05) is 13.8 Å². The van der Waals surface area contributed by atoms with Crippen LogP contribution in [0, 0.1) is 0 Å². The van der Waals surface area contributed by atoms with Gasteiger partial charge in [0.1, 0.15) is 12.7 Å². The SMILES string of the molecule is CC1(C)OCC(COc2c(Br)cccc(Br)c2=O)O1. The zero-order valence-corrected chi connectivity index (χ0v) is 13.8. The van der Waals surface area contributed by atoms with Gasteiger partial charge in [0.05, 0.1) is 15.6 Å². The first-order valence-electron chi connectivity index (χ1n) is 5.82. The van der Waals surface area contributed by atoms with Gasteiger partial charge in [-0.2, -0.15) is 0 Å². The van der Waals surface area contributed by atoms with Crippen molar-refractivity contribution in [1.29, 1.82) is 0 Å². The zero-order chi connectivity index (χ0) is 14.0. The molecule has 2 rings (SSSR count). The minimum absolute atomic E-state index is 0.175. The molecule has 0 aliphatic carbocycles.